The highest BCUT2D eigenvalue weighted by Gasteiger charge is 2.24. The minimum Gasteiger partial charge on any atom is -0.481 e. The molecule has 2 N–H and O–H groups in total. The van der Waals surface area contributed by atoms with Crippen LogP contribution in [0.25, 0.3) is 0 Å². The standard InChI is InChI=1S/C16H22N2O3/c19-15(7-6-13-4-2-1-3-5-13)17-12-18-10-8-14(9-11-18)16(20)21/h1-5,14H,6-12H2,(H,17,19)(H,20,21). The summed E-state index contributed by atoms with van der Waals surface area (Å²) in [6.45, 7) is 1.98. The number of carbonyl (C=O) groups is 2. The van der Waals surface area contributed by atoms with Crippen molar-refractivity contribution in [3.05, 3.63) is 35.9 Å². The Morgan fingerprint density at radius 2 is 1.86 bits per heavy atom. The Hall–Kier alpha value is -1.88. The van der Waals surface area contributed by atoms with E-state index in [-0.39, 0.29) is 11.8 Å². The van der Waals surface area contributed by atoms with E-state index < -0.39 is 5.97 Å². The van der Waals surface area contributed by atoms with Gasteiger partial charge in [0, 0.05) is 19.5 Å². The first-order valence-electron chi connectivity index (χ1n) is 7.41. The van der Waals surface area contributed by atoms with Crippen molar-refractivity contribution >= 4 is 11.9 Å². The fraction of sp³-hybridized carbons (Fsp3) is 0.500. The maximum atomic E-state index is 11.8. The monoisotopic (exact) mass is 290 g/mol. The molecule has 1 fully saturated rings. The number of carbonyl (C=O) groups excluding carboxylic acids is 1. The molecule has 0 aliphatic carbocycles. The van der Waals surface area contributed by atoms with Gasteiger partial charge in [-0.05, 0) is 24.8 Å². The molecule has 1 amide bonds. The third kappa shape index (κ3) is 5.19. The highest BCUT2D eigenvalue weighted by molar-refractivity contribution is 5.76. The molecule has 21 heavy (non-hydrogen) atoms. The summed E-state index contributed by atoms with van der Waals surface area (Å²) in [5, 5.41) is 11.8. The first-order chi connectivity index (χ1) is 10.1. The number of aryl methyl sites for hydroxylation is 1. The van der Waals surface area contributed by atoms with Gasteiger partial charge in [-0.2, -0.15) is 0 Å². The minimum absolute atomic E-state index is 0.0409. The van der Waals surface area contributed by atoms with E-state index in [2.05, 4.69) is 10.2 Å². The molecule has 1 saturated heterocycles. The zero-order valence-corrected chi connectivity index (χ0v) is 12.1. The van der Waals surface area contributed by atoms with Crippen LogP contribution in [0.15, 0.2) is 30.3 Å². The van der Waals surface area contributed by atoms with Gasteiger partial charge >= 0.3 is 5.97 Å². The van der Waals surface area contributed by atoms with Crippen molar-refractivity contribution in [3.8, 4) is 0 Å². The number of nitrogens with one attached hydrogen (secondary N) is 1. The first-order valence-corrected chi connectivity index (χ1v) is 7.41. The molecule has 1 aromatic rings. The lowest BCUT2D eigenvalue weighted by Gasteiger charge is -2.29. The van der Waals surface area contributed by atoms with E-state index in [9.17, 15) is 9.59 Å². The zero-order chi connectivity index (χ0) is 15.1. The average molecular weight is 290 g/mol. The second kappa shape index (κ2) is 7.78. The lowest BCUT2D eigenvalue weighted by molar-refractivity contribution is -0.143. The van der Waals surface area contributed by atoms with Crippen molar-refractivity contribution < 1.29 is 14.7 Å². The maximum Gasteiger partial charge on any atom is 0.306 e. The third-order valence-corrected chi connectivity index (χ3v) is 3.92. The smallest absolute Gasteiger partial charge is 0.306 e. The van der Waals surface area contributed by atoms with Crippen LogP contribution in [0.5, 0.6) is 0 Å². The maximum absolute atomic E-state index is 11.8. The topological polar surface area (TPSA) is 69.6 Å². The van der Waals surface area contributed by atoms with Crippen LogP contribution < -0.4 is 5.32 Å². The van der Waals surface area contributed by atoms with E-state index >= 15 is 0 Å². The lowest BCUT2D eigenvalue weighted by atomic mass is 9.97. The fourth-order valence-electron chi connectivity index (χ4n) is 2.53. The number of amides is 1. The van der Waals surface area contributed by atoms with Gasteiger partial charge in [0.1, 0.15) is 0 Å². The van der Waals surface area contributed by atoms with E-state index in [0.717, 1.165) is 25.1 Å². The van der Waals surface area contributed by atoms with Crippen LogP contribution in [0.1, 0.15) is 24.8 Å². The van der Waals surface area contributed by atoms with Crippen molar-refractivity contribution in [2.75, 3.05) is 19.8 Å². The largest absolute Gasteiger partial charge is 0.481 e. The molecule has 5 heteroatoms. The number of carboxylic acid groups (broad SMARTS) is 1. The van der Waals surface area contributed by atoms with Crippen LogP contribution in [0.2, 0.25) is 0 Å². The van der Waals surface area contributed by atoms with E-state index in [1.165, 1.54) is 0 Å². The van der Waals surface area contributed by atoms with Gasteiger partial charge in [-0.1, -0.05) is 30.3 Å². The molecular weight excluding hydrogens is 268 g/mol. The van der Waals surface area contributed by atoms with Crippen molar-refractivity contribution in [2.45, 2.75) is 25.7 Å². The summed E-state index contributed by atoms with van der Waals surface area (Å²) in [6, 6.07) is 9.94. The SMILES string of the molecule is O=C(CCc1ccccc1)NCN1CCC(C(=O)O)CC1. The summed E-state index contributed by atoms with van der Waals surface area (Å²) in [6.07, 6.45) is 2.55. The summed E-state index contributed by atoms with van der Waals surface area (Å²) in [5.74, 6) is -0.893. The normalized spacial score (nSPS) is 16.6. The molecule has 0 unspecified atom stereocenters. The lowest BCUT2D eigenvalue weighted by Crippen LogP contribution is -2.43. The summed E-state index contributed by atoms with van der Waals surface area (Å²) < 4.78 is 0. The van der Waals surface area contributed by atoms with Gasteiger partial charge < -0.3 is 10.4 Å². The Bertz CT molecular complexity index is 468. The van der Waals surface area contributed by atoms with E-state index in [1.54, 1.807) is 0 Å². The molecule has 114 valence electrons. The number of piperidine rings is 1. The van der Waals surface area contributed by atoms with Crippen molar-refractivity contribution in [2.24, 2.45) is 5.92 Å². The zero-order valence-electron chi connectivity index (χ0n) is 12.1. The molecule has 0 radical (unpaired) electrons. The number of aliphatic carboxylic acids is 1. The van der Waals surface area contributed by atoms with Crippen LogP contribution in [0, 0.1) is 5.92 Å². The predicted molar refractivity (Wildman–Crippen MR) is 79.7 cm³/mol. The fourth-order valence-corrected chi connectivity index (χ4v) is 2.53. The molecule has 0 saturated carbocycles. The highest BCUT2D eigenvalue weighted by atomic mass is 16.4. The molecule has 1 aliphatic rings. The molecule has 1 aliphatic heterocycles. The predicted octanol–water partition coefficient (Wildman–Crippen LogP) is 1.49. The second-order valence-electron chi connectivity index (χ2n) is 5.47. The average Bonchev–Trinajstić information content (AvgIpc) is 2.52. The van der Waals surface area contributed by atoms with Crippen molar-refractivity contribution in [1.82, 2.24) is 10.2 Å². The van der Waals surface area contributed by atoms with Gasteiger partial charge in [0.05, 0.1) is 12.6 Å². The van der Waals surface area contributed by atoms with Crippen LogP contribution in [0.3, 0.4) is 0 Å². The minimum atomic E-state index is -0.707. The number of likely N-dealkylation sites (tertiary alicyclic amines) is 1. The van der Waals surface area contributed by atoms with E-state index in [0.29, 0.717) is 25.9 Å². The molecule has 0 bridgehead atoms. The number of hydrogen-bond donors (Lipinski definition) is 2. The summed E-state index contributed by atoms with van der Waals surface area (Å²) in [5.41, 5.74) is 1.16. The number of nitrogens with zero attached hydrogens (tertiary/aromatic N) is 1. The molecule has 1 heterocycles. The Morgan fingerprint density at radius 1 is 1.19 bits per heavy atom. The van der Waals surface area contributed by atoms with Crippen molar-refractivity contribution in [3.63, 3.8) is 0 Å². The Labute approximate surface area is 125 Å². The summed E-state index contributed by atoms with van der Waals surface area (Å²) in [7, 11) is 0. The van der Waals surface area contributed by atoms with Crippen LogP contribution >= 0.6 is 0 Å². The second-order valence-corrected chi connectivity index (χ2v) is 5.47. The Morgan fingerprint density at radius 3 is 2.48 bits per heavy atom. The van der Waals surface area contributed by atoms with E-state index in [4.69, 9.17) is 5.11 Å². The number of rotatable bonds is 6. The molecular formula is C16H22N2O3. The number of carboxylic acids is 1. The molecule has 0 atom stereocenters. The highest BCUT2D eigenvalue weighted by Crippen LogP contribution is 2.16. The molecule has 0 spiro atoms. The van der Waals surface area contributed by atoms with Gasteiger partial charge in [-0.15, -0.1) is 0 Å². The van der Waals surface area contributed by atoms with Gasteiger partial charge in [0.2, 0.25) is 5.91 Å². The van der Waals surface area contributed by atoms with Gasteiger partial charge in [0.25, 0.3) is 0 Å². The third-order valence-electron chi connectivity index (χ3n) is 3.92. The van der Waals surface area contributed by atoms with Crippen molar-refractivity contribution in [1.29, 1.82) is 0 Å². The van der Waals surface area contributed by atoms with Gasteiger partial charge in [0.15, 0.2) is 0 Å². The molecule has 1 aromatic carbocycles. The quantitative estimate of drug-likeness (QED) is 0.833. The molecule has 0 aromatic heterocycles. The number of hydrogen-bond acceptors (Lipinski definition) is 3. The Balaban J connectivity index is 1.62. The van der Waals surface area contributed by atoms with Gasteiger partial charge in [-0.25, -0.2) is 0 Å². The molecule has 5 nitrogen and oxygen atoms in total. The Kier molecular flexibility index (Phi) is 5.75. The van der Waals surface area contributed by atoms with Gasteiger partial charge in [-0.3, -0.25) is 14.5 Å². The van der Waals surface area contributed by atoms with Crippen LogP contribution in [0.4, 0.5) is 0 Å². The molecule has 2 rings (SSSR count). The first kappa shape index (κ1) is 15.5. The van der Waals surface area contributed by atoms with E-state index in [1.807, 2.05) is 30.3 Å². The summed E-state index contributed by atoms with van der Waals surface area (Å²) in [4.78, 5) is 24.8. The van der Waals surface area contributed by atoms with Crippen LogP contribution in [-0.4, -0.2) is 41.6 Å². The van der Waals surface area contributed by atoms with Crippen LogP contribution in [-0.2, 0) is 16.0 Å². The summed E-state index contributed by atoms with van der Waals surface area (Å²) >= 11 is 0. The number of benzene rings is 1.